The summed E-state index contributed by atoms with van der Waals surface area (Å²) in [7, 11) is -0.528. The summed E-state index contributed by atoms with van der Waals surface area (Å²) < 4.78 is 12.4. The maximum atomic E-state index is 10.2. The maximum Gasteiger partial charge on any atom is 0.492 e. The number of rotatable bonds is 6. The lowest BCUT2D eigenvalue weighted by atomic mass is 9.75. The van der Waals surface area contributed by atoms with Crippen molar-refractivity contribution in [3.05, 3.63) is 39.9 Å². The van der Waals surface area contributed by atoms with Gasteiger partial charge < -0.3 is 14.4 Å². The Morgan fingerprint density at radius 1 is 0.893 bits per heavy atom. The molecule has 28 heavy (non-hydrogen) atoms. The first-order chi connectivity index (χ1) is 12.8. The van der Waals surface area contributed by atoms with Gasteiger partial charge in [0.05, 0.1) is 17.8 Å². The quantitative estimate of drug-likeness (QED) is 0.604. The van der Waals surface area contributed by atoms with Gasteiger partial charge in [-0.3, -0.25) is 0 Å². The summed E-state index contributed by atoms with van der Waals surface area (Å²) in [5, 5.41) is 10.2. The van der Waals surface area contributed by atoms with E-state index in [9.17, 15) is 5.11 Å². The summed E-state index contributed by atoms with van der Waals surface area (Å²) in [6.45, 7) is 21.5. The monoisotopic (exact) mass is 386 g/mol. The fraction of sp³-hybridized carbons (Fsp3) is 0.667. The minimum Gasteiger partial charge on any atom is -0.400 e. The zero-order valence-electron chi connectivity index (χ0n) is 19.5. The number of hydrogen-bond donors (Lipinski definition) is 1. The van der Waals surface area contributed by atoms with E-state index < -0.39 is 18.3 Å². The Hall–Kier alpha value is -1.10. The number of hydrogen-bond acceptors (Lipinski definition) is 3. The molecule has 0 spiro atoms. The van der Waals surface area contributed by atoms with Crippen LogP contribution in [-0.2, 0) is 9.31 Å². The van der Waals surface area contributed by atoms with Crippen LogP contribution in [0.15, 0.2) is 17.6 Å². The summed E-state index contributed by atoms with van der Waals surface area (Å²) in [5.74, 6) is 1.26. The lowest BCUT2D eigenvalue weighted by molar-refractivity contribution is 0.00578. The molecule has 3 nitrogen and oxygen atoms in total. The predicted molar refractivity (Wildman–Crippen MR) is 120 cm³/mol. The van der Waals surface area contributed by atoms with Crippen molar-refractivity contribution in [3.8, 4) is 0 Å². The molecule has 0 radical (unpaired) electrons. The predicted octanol–water partition coefficient (Wildman–Crippen LogP) is 6.06. The molecule has 1 aliphatic rings. The van der Waals surface area contributed by atoms with E-state index in [0.29, 0.717) is 17.8 Å². The van der Waals surface area contributed by atoms with Gasteiger partial charge >= 0.3 is 7.12 Å². The summed E-state index contributed by atoms with van der Waals surface area (Å²) in [4.78, 5) is 0. The Morgan fingerprint density at radius 3 is 1.64 bits per heavy atom. The van der Waals surface area contributed by atoms with Gasteiger partial charge in [-0.25, -0.2) is 0 Å². The van der Waals surface area contributed by atoms with Crippen LogP contribution in [0.25, 0.3) is 6.08 Å². The van der Waals surface area contributed by atoms with Gasteiger partial charge in [-0.1, -0.05) is 59.8 Å². The molecular weight excluding hydrogens is 347 g/mol. The fourth-order valence-electron chi connectivity index (χ4n) is 3.55. The van der Waals surface area contributed by atoms with E-state index in [1.807, 2.05) is 27.7 Å². The molecule has 0 atom stereocenters. The molecule has 1 fully saturated rings. The average molecular weight is 386 g/mol. The molecule has 0 amide bonds. The van der Waals surface area contributed by atoms with Crippen LogP contribution in [0.1, 0.15) is 109 Å². The SMILES string of the molecule is CC(C)c1cc(C(C)C)c(C=C(CO)B2OC(C)(C)C(C)(C)O2)c(C(C)C)c1. The van der Waals surface area contributed by atoms with Crippen LogP contribution < -0.4 is 0 Å². The fourth-order valence-corrected chi connectivity index (χ4v) is 3.55. The summed E-state index contributed by atoms with van der Waals surface area (Å²) in [6, 6.07) is 4.65. The van der Waals surface area contributed by atoms with E-state index in [4.69, 9.17) is 9.31 Å². The molecule has 2 rings (SSSR count). The highest BCUT2D eigenvalue weighted by Gasteiger charge is 2.52. The molecule has 0 bridgehead atoms. The van der Waals surface area contributed by atoms with Gasteiger partial charge in [0.1, 0.15) is 0 Å². The molecule has 156 valence electrons. The van der Waals surface area contributed by atoms with Crippen molar-refractivity contribution in [2.24, 2.45) is 0 Å². The van der Waals surface area contributed by atoms with E-state index in [2.05, 4.69) is 59.8 Å². The van der Waals surface area contributed by atoms with Crippen LogP contribution in [0.4, 0.5) is 0 Å². The molecule has 4 heteroatoms. The van der Waals surface area contributed by atoms with Crippen molar-refractivity contribution in [1.29, 1.82) is 0 Å². The van der Waals surface area contributed by atoms with Crippen LogP contribution >= 0.6 is 0 Å². The van der Waals surface area contributed by atoms with E-state index in [1.165, 1.54) is 22.3 Å². The topological polar surface area (TPSA) is 38.7 Å². The van der Waals surface area contributed by atoms with E-state index >= 15 is 0 Å². The molecule has 1 aromatic rings. The van der Waals surface area contributed by atoms with Gasteiger partial charge in [-0.2, -0.15) is 0 Å². The van der Waals surface area contributed by atoms with Gasteiger partial charge in [-0.15, -0.1) is 0 Å². The first-order valence-corrected chi connectivity index (χ1v) is 10.7. The minimum atomic E-state index is -0.528. The third-order valence-corrected chi connectivity index (χ3v) is 6.25. The second kappa shape index (κ2) is 8.34. The van der Waals surface area contributed by atoms with E-state index in [0.717, 1.165) is 5.47 Å². The van der Waals surface area contributed by atoms with Gasteiger partial charge in [-0.05, 0) is 73.2 Å². The summed E-state index contributed by atoms with van der Waals surface area (Å²) in [6.07, 6.45) is 2.11. The third-order valence-electron chi connectivity index (χ3n) is 6.25. The Morgan fingerprint density at radius 2 is 1.32 bits per heavy atom. The zero-order valence-corrected chi connectivity index (χ0v) is 19.5. The molecular formula is C24H39BO3. The molecule has 1 N–H and O–H groups in total. The Balaban J connectivity index is 2.61. The minimum absolute atomic E-state index is 0.0855. The smallest absolute Gasteiger partial charge is 0.400 e. The van der Waals surface area contributed by atoms with Crippen molar-refractivity contribution in [2.45, 2.75) is 98.2 Å². The van der Waals surface area contributed by atoms with E-state index in [1.54, 1.807) is 0 Å². The highest BCUT2D eigenvalue weighted by molar-refractivity contribution is 6.55. The van der Waals surface area contributed by atoms with Crippen LogP contribution in [-0.4, -0.2) is 30.0 Å². The normalized spacial score (nSPS) is 19.4. The second-order valence-corrected chi connectivity index (χ2v) is 10.0. The third kappa shape index (κ3) is 4.55. The van der Waals surface area contributed by atoms with Crippen molar-refractivity contribution in [2.75, 3.05) is 6.61 Å². The Kier molecular flexibility index (Phi) is 6.90. The average Bonchev–Trinajstić information content (AvgIpc) is 2.79. The van der Waals surface area contributed by atoms with Crippen molar-refractivity contribution in [1.82, 2.24) is 0 Å². The summed E-state index contributed by atoms with van der Waals surface area (Å²) >= 11 is 0. The second-order valence-electron chi connectivity index (χ2n) is 10.0. The number of aliphatic hydroxyl groups is 1. The van der Waals surface area contributed by atoms with Crippen molar-refractivity contribution in [3.63, 3.8) is 0 Å². The molecule has 0 unspecified atom stereocenters. The van der Waals surface area contributed by atoms with Crippen LogP contribution in [0.5, 0.6) is 0 Å². The molecule has 0 saturated carbocycles. The van der Waals surface area contributed by atoms with E-state index in [-0.39, 0.29) is 6.61 Å². The summed E-state index contributed by atoms with van der Waals surface area (Å²) in [5.41, 5.74) is 5.14. The molecule has 1 heterocycles. The first-order valence-electron chi connectivity index (χ1n) is 10.7. The first kappa shape index (κ1) is 23.2. The largest absolute Gasteiger partial charge is 0.492 e. The van der Waals surface area contributed by atoms with Gasteiger partial charge in [0, 0.05) is 0 Å². The van der Waals surface area contributed by atoms with Crippen LogP contribution in [0.3, 0.4) is 0 Å². The van der Waals surface area contributed by atoms with Crippen molar-refractivity contribution < 1.29 is 14.4 Å². The van der Waals surface area contributed by atoms with Crippen LogP contribution in [0.2, 0.25) is 0 Å². The van der Waals surface area contributed by atoms with Gasteiger partial charge in [0.15, 0.2) is 0 Å². The van der Waals surface area contributed by atoms with Crippen LogP contribution in [0, 0.1) is 0 Å². The molecule has 1 aromatic carbocycles. The van der Waals surface area contributed by atoms with Gasteiger partial charge in [0.2, 0.25) is 0 Å². The number of aliphatic hydroxyl groups excluding tert-OH is 1. The van der Waals surface area contributed by atoms with Gasteiger partial charge in [0.25, 0.3) is 0 Å². The lowest BCUT2D eigenvalue weighted by Crippen LogP contribution is -2.41. The lowest BCUT2D eigenvalue weighted by Gasteiger charge is -2.32. The molecule has 1 saturated heterocycles. The maximum absolute atomic E-state index is 10.2. The molecule has 1 aliphatic heterocycles. The highest BCUT2D eigenvalue weighted by atomic mass is 16.7. The standard InChI is InChI=1S/C24H39BO3/c1-15(2)18-11-20(16(3)4)22(21(12-18)17(5)6)13-19(14-26)25-27-23(7,8)24(9,10)28-25/h11-13,15-17,26H,14H2,1-10H3. The molecule has 0 aliphatic carbocycles. The molecule has 0 aromatic heterocycles. The Bertz CT molecular complexity index is 684. The number of benzene rings is 1. The van der Waals surface area contributed by atoms with Crippen molar-refractivity contribution >= 4 is 13.2 Å². The highest BCUT2D eigenvalue weighted by Crippen LogP contribution is 2.40. The Labute approximate surface area is 172 Å². The zero-order chi connectivity index (χ0) is 21.4.